The lowest BCUT2D eigenvalue weighted by molar-refractivity contribution is 0.0365. The maximum Gasteiger partial charge on any atom is 0.472 e. The normalized spacial score (nSPS) is 17.7. The molecule has 0 spiro atoms. The summed E-state index contributed by atoms with van der Waals surface area (Å²) >= 11 is 0. The topological polar surface area (TPSA) is 108 Å². The van der Waals surface area contributed by atoms with Crippen LogP contribution < -0.4 is 5.32 Å². The van der Waals surface area contributed by atoms with E-state index < -0.39 is 27.1 Å². The fourth-order valence-corrected chi connectivity index (χ4v) is 1.29. The highest BCUT2D eigenvalue weighted by Crippen LogP contribution is 2.42. The second-order valence-corrected chi connectivity index (χ2v) is 3.99. The molecule has 86 valence electrons. The van der Waals surface area contributed by atoms with Crippen molar-refractivity contribution in [3.8, 4) is 0 Å². The summed E-state index contributed by atoms with van der Waals surface area (Å²) in [5.74, 6) is 0. The van der Waals surface area contributed by atoms with E-state index in [-0.39, 0.29) is 6.61 Å². The van der Waals surface area contributed by atoms with Crippen LogP contribution in [0.1, 0.15) is 0 Å². The van der Waals surface area contributed by atoms with E-state index in [1.54, 1.807) is 7.05 Å². The van der Waals surface area contributed by atoms with Crippen LogP contribution in [0.15, 0.2) is 0 Å². The molecule has 14 heavy (non-hydrogen) atoms. The Morgan fingerprint density at radius 2 is 2.14 bits per heavy atom. The highest BCUT2D eigenvalue weighted by atomic mass is 31.2. The Kier molecular flexibility index (Phi) is 7.30. The highest BCUT2D eigenvalue weighted by molar-refractivity contribution is 7.47. The number of aliphatic hydroxyl groups is 2. The second-order valence-electron chi connectivity index (χ2n) is 2.54. The molecule has 2 unspecified atom stereocenters. The van der Waals surface area contributed by atoms with Crippen LogP contribution in [0.3, 0.4) is 0 Å². The van der Waals surface area contributed by atoms with Crippen molar-refractivity contribution in [1.29, 1.82) is 0 Å². The Morgan fingerprint density at radius 1 is 1.50 bits per heavy atom. The van der Waals surface area contributed by atoms with Crippen LogP contribution >= 0.6 is 7.82 Å². The highest BCUT2D eigenvalue weighted by Gasteiger charge is 2.21. The van der Waals surface area contributed by atoms with Crippen molar-refractivity contribution >= 4 is 7.82 Å². The third kappa shape index (κ3) is 7.40. The number of nitrogens with one attached hydrogen (secondary N) is 1. The average Bonchev–Trinajstić information content (AvgIpc) is 2.14. The molecule has 0 aromatic heterocycles. The van der Waals surface area contributed by atoms with Crippen LogP contribution in [0.5, 0.6) is 0 Å². The molecule has 0 aliphatic rings. The quantitative estimate of drug-likeness (QED) is 0.302. The summed E-state index contributed by atoms with van der Waals surface area (Å²) < 4.78 is 19.9. The molecule has 0 aliphatic heterocycles. The smallest absolute Gasteiger partial charge is 0.394 e. The fraction of sp³-hybridized carbons (Fsp3) is 1.00. The summed E-state index contributed by atoms with van der Waals surface area (Å²) in [5.41, 5.74) is 0. The van der Waals surface area contributed by atoms with Gasteiger partial charge in [-0.25, -0.2) is 4.57 Å². The maximum atomic E-state index is 11.0. The van der Waals surface area contributed by atoms with Crippen molar-refractivity contribution in [2.75, 3.05) is 33.4 Å². The van der Waals surface area contributed by atoms with Crippen LogP contribution in [0, 0.1) is 0 Å². The molecule has 0 amide bonds. The minimum absolute atomic E-state index is 0.0273. The van der Waals surface area contributed by atoms with Gasteiger partial charge in [0.05, 0.1) is 19.8 Å². The van der Waals surface area contributed by atoms with Gasteiger partial charge >= 0.3 is 7.82 Å². The third-order valence-corrected chi connectivity index (χ3v) is 2.23. The zero-order valence-corrected chi connectivity index (χ0v) is 8.81. The van der Waals surface area contributed by atoms with Crippen LogP contribution in [-0.2, 0) is 13.6 Å². The molecule has 0 saturated heterocycles. The monoisotopic (exact) mass is 229 g/mol. The summed E-state index contributed by atoms with van der Waals surface area (Å²) in [6.07, 6.45) is -1.18. The largest absolute Gasteiger partial charge is 0.472 e. The number of phosphoric acid groups is 1. The van der Waals surface area contributed by atoms with Gasteiger partial charge in [-0.3, -0.25) is 9.05 Å². The zero-order chi connectivity index (χ0) is 11.0. The Labute approximate surface area is 82.3 Å². The van der Waals surface area contributed by atoms with E-state index in [0.717, 1.165) is 0 Å². The summed E-state index contributed by atoms with van der Waals surface area (Å²) in [6, 6.07) is 0. The number of hydrogen-bond acceptors (Lipinski definition) is 6. The first-order valence-electron chi connectivity index (χ1n) is 4.07. The van der Waals surface area contributed by atoms with Crippen LogP contribution in [0.25, 0.3) is 0 Å². The molecule has 7 nitrogen and oxygen atoms in total. The van der Waals surface area contributed by atoms with E-state index in [0.29, 0.717) is 6.54 Å². The lowest BCUT2D eigenvalue weighted by Gasteiger charge is -2.13. The first-order chi connectivity index (χ1) is 6.52. The van der Waals surface area contributed by atoms with Crippen LogP contribution in [0.4, 0.5) is 0 Å². The Balaban J connectivity index is 3.66. The van der Waals surface area contributed by atoms with E-state index in [2.05, 4.69) is 14.4 Å². The minimum atomic E-state index is -4.10. The van der Waals surface area contributed by atoms with Crippen molar-refractivity contribution in [3.63, 3.8) is 0 Å². The van der Waals surface area contributed by atoms with Crippen LogP contribution in [-0.4, -0.2) is 54.6 Å². The van der Waals surface area contributed by atoms with Gasteiger partial charge in [0.1, 0.15) is 6.10 Å². The molecule has 0 fully saturated rings. The SMILES string of the molecule is CNCCOP(=O)(O)OCC(O)CO. The predicted octanol–water partition coefficient (Wildman–Crippen LogP) is -1.31. The van der Waals surface area contributed by atoms with Gasteiger partial charge in [0, 0.05) is 6.54 Å². The number of likely N-dealkylation sites (N-methyl/N-ethyl adjacent to an activating group) is 1. The van der Waals surface area contributed by atoms with Crippen molar-refractivity contribution in [3.05, 3.63) is 0 Å². The molecule has 4 N–H and O–H groups in total. The van der Waals surface area contributed by atoms with Gasteiger partial charge in [-0.15, -0.1) is 0 Å². The van der Waals surface area contributed by atoms with E-state index in [1.807, 2.05) is 0 Å². The number of phosphoric ester groups is 1. The molecule has 0 aliphatic carbocycles. The van der Waals surface area contributed by atoms with Gasteiger partial charge in [0.25, 0.3) is 0 Å². The van der Waals surface area contributed by atoms with Gasteiger partial charge in [0.15, 0.2) is 0 Å². The minimum Gasteiger partial charge on any atom is -0.394 e. The van der Waals surface area contributed by atoms with Gasteiger partial charge in [0.2, 0.25) is 0 Å². The van der Waals surface area contributed by atoms with E-state index >= 15 is 0 Å². The van der Waals surface area contributed by atoms with Crippen molar-refractivity contribution in [1.82, 2.24) is 5.32 Å². The third-order valence-electron chi connectivity index (χ3n) is 1.25. The van der Waals surface area contributed by atoms with E-state index in [4.69, 9.17) is 15.1 Å². The molecular formula is C6H16NO6P. The number of aliphatic hydroxyl groups excluding tert-OH is 2. The standard InChI is InChI=1S/C6H16NO6P/c1-7-2-3-12-14(10,11)13-5-6(9)4-8/h6-9H,2-5H2,1H3,(H,10,11). The molecule has 0 saturated carbocycles. The summed E-state index contributed by atoms with van der Waals surface area (Å²) in [6.45, 7) is -0.531. The van der Waals surface area contributed by atoms with Crippen molar-refractivity contribution < 1.29 is 28.7 Å². The van der Waals surface area contributed by atoms with Crippen molar-refractivity contribution in [2.45, 2.75) is 6.10 Å². The van der Waals surface area contributed by atoms with Crippen LogP contribution in [0.2, 0.25) is 0 Å². The molecule has 0 radical (unpaired) electrons. The first-order valence-corrected chi connectivity index (χ1v) is 5.56. The van der Waals surface area contributed by atoms with Gasteiger partial charge < -0.3 is 20.4 Å². The Bertz CT molecular complexity index is 189. The zero-order valence-electron chi connectivity index (χ0n) is 7.92. The lowest BCUT2D eigenvalue weighted by Crippen LogP contribution is -2.19. The van der Waals surface area contributed by atoms with Gasteiger partial charge in [-0.2, -0.15) is 0 Å². The van der Waals surface area contributed by atoms with Gasteiger partial charge in [-0.1, -0.05) is 0 Å². The maximum absolute atomic E-state index is 11.0. The van der Waals surface area contributed by atoms with E-state index in [9.17, 15) is 4.57 Å². The Hall–Kier alpha value is -0.0100. The summed E-state index contributed by atoms with van der Waals surface area (Å²) in [5, 5.41) is 19.9. The molecule has 0 bridgehead atoms. The molecule has 0 aromatic rings. The summed E-state index contributed by atoms with van der Waals surface area (Å²) in [4.78, 5) is 8.98. The average molecular weight is 229 g/mol. The van der Waals surface area contributed by atoms with Crippen molar-refractivity contribution in [2.24, 2.45) is 0 Å². The fourth-order valence-electron chi connectivity index (χ4n) is 0.533. The number of rotatable bonds is 8. The summed E-state index contributed by atoms with van der Waals surface area (Å²) in [7, 11) is -2.43. The lowest BCUT2D eigenvalue weighted by atomic mass is 10.4. The number of hydrogen-bond donors (Lipinski definition) is 4. The van der Waals surface area contributed by atoms with Gasteiger partial charge in [-0.05, 0) is 7.05 Å². The molecule has 8 heteroatoms. The molecule has 2 atom stereocenters. The predicted molar refractivity (Wildman–Crippen MR) is 48.7 cm³/mol. The second kappa shape index (κ2) is 7.30. The van der Waals surface area contributed by atoms with E-state index in [1.165, 1.54) is 0 Å². The molecule has 0 rings (SSSR count). The molecule has 0 heterocycles. The first kappa shape index (κ1) is 14.0. The molecule has 0 aromatic carbocycles. The Morgan fingerprint density at radius 3 is 2.64 bits per heavy atom. The molecular weight excluding hydrogens is 213 g/mol.